The number of carbonyl (C=O) groups excluding carboxylic acids is 4. The minimum absolute atomic E-state index is 0.0298. The molecule has 4 N–H and O–H groups in total. The first-order valence-electron chi connectivity index (χ1n) is 13.0. The molecule has 2 saturated heterocycles. The molecule has 0 aliphatic carbocycles. The molecule has 9 nitrogen and oxygen atoms in total. The normalized spacial score (nSPS) is 19.5. The molecule has 0 spiro atoms. The number of nitrogens with two attached hydrogens (primary N) is 2. The highest BCUT2D eigenvalue weighted by Crippen LogP contribution is 2.40. The third-order valence-corrected chi connectivity index (χ3v) is 8.02. The summed E-state index contributed by atoms with van der Waals surface area (Å²) in [5, 5.41) is 0. The van der Waals surface area contributed by atoms with Gasteiger partial charge in [0.15, 0.2) is 23.3 Å². The number of halogens is 2. The Bertz CT molecular complexity index is 1040. The van der Waals surface area contributed by atoms with Crippen molar-refractivity contribution in [2.24, 2.45) is 27.8 Å². The second-order valence-electron chi connectivity index (χ2n) is 10.1. The summed E-state index contributed by atoms with van der Waals surface area (Å²) in [6.07, 6.45) is 2.47. The SMILES string of the molecule is NC(N)=NCCC[C@H](CC(=O)[C@@H]1CCCN1C(=O)C1(CC(=O)c2ccc(Br)cc2)CCOCC1)C(=O)CF. The Hall–Kier alpha value is -2.66. The molecule has 1 aromatic rings. The number of hydrogen-bond acceptors (Lipinski definition) is 6. The van der Waals surface area contributed by atoms with E-state index in [0.29, 0.717) is 57.4 Å². The predicted molar refractivity (Wildman–Crippen MR) is 144 cm³/mol. The van der Waals surface area contributed by atoms with E-state index in [1.54, 1.807) is 29.2 Å². The topological polar surface area (TPSA) is 145 Å². The van der Waals surface area contributed by atoms with Gasteiger partial charge in [0.25, 0.3) is 0 Å². The fourth-order valence-electron chi connectivity index (χ4n) is 5.33. The van der Waals surface area contributed by atoms with E-state index in [4.69, 9.17) is 16.2 Å². The van der Waals surface area contributed by atoms with Crippen molar-refractivity contribution >= 4 is 45.1 Å². The lowest BCUT2D eigenvalue weighted by atomic mass is 9.73. The van der Waals surface area contributed by atoms with Gasteiger partial charge in [-0.05, 0) is 50.7 Å². The highest BCUT2D eigenvalue weighted by Gasteiger charge is 2.48. The molecule has 208 valence electrons. The maximum Gasteiger partial charge on any atom is 0.230 e. The lowest BCUT2D eigenvalue weighted by Crippen LogP contribution is -2.51. The second-order valence-corrected chi connectivity index (χ2v) is 11.0. The number of benzene rings is 1. The Labute approximate surface area is 230 Å². The van der Waals surface area contributed by atoms with E-state index in [2.05, 4.69) is 20.9 Å². The zero-order chi connectivity index (χ0) is 27.7. The smallest absolute Gasteiger partial charge is 0.230 e. The van der Waals surface area contributed by atoms with E-state index in [1.165, 1.54) is 0 Å². The van der Waals surface area contributed by atoms with Crippen LogP contribution >= 0.6 is 15.9 Å². The van der Waals surface area contributed by atoms with Gasteiger partial charge in [-0.3, -0.25) is 24.2 Å². The summed E-state index contributed by atoms with van der Waals surface area (Å²) in [6.45, 7) is 0.229. The molecule has 0 aromatic heterocycles. The van der Waals surface area contributed by atoms with Crippen LogP contribution in [0.1, 0.15) is 61.7 Å². The zero-order valence-electron chi connectivity index (χ0n) is 21.5. The van der Waals surface area contributed by atoms with Crippen LogP contribution in [-0.4, -0.2) is 73.1 Å². The van der Waals surface area contributed by atoms with E-state index in [0.717, 1.165) is 4.47 Å². The number of ether oxygens (including phenoxy) is 1. The van der Waals surface area contributed by atoms with Gasteiger partial charge in [0.1, 0.15) is 6.67 Å². The van der Waals surface area contributed by atoms with Crippen molar-refractivity contribution in [2.45, 2.75) is 57.4 Å². The fourth-order valence-corrected chi connectivity index (χ4v) is 5.60. The van der Waals surface area contributed by atoms with Crippen LogP contribution < -0.4 is 11.5 Å². The van der Waals surface area contributed by atoms with Crippen molar-refractivity contribution < 1.29 is 28.3 Å². The van der Waals surface area contributed by atoms with Gasteiger partial charge in [0.05, 0.1) is 11.5 Å². The molecule has 3 rings (SSSR count). The number of rotatable bonds is 13. The van der Waals surface area contributed by atoms with Gasteiger partial charge in [-0.1, -0.05) is 28.1 Å². The third kappa shape index (κ3) is 7.69. The summed E-state index contributed by atoms with van der Waals surface area (Å²) < 4.78 is 19.6. The number of alkyl halides is 1. The van der Waals surface area contributed by atoms with Crippen LogP contribution in [0.15, 0.2) is 33.7 Å². The molecule has 2 fully saturated rings. The van der Waals surface area contributed by atoms with Crippen molar-refractivity contribution in [3.05, 3.63) is 34.3 Å². The summed E-state index contributed by atoms with van der Waals surface area (Å²) in [5.74, 6) is -2.12. The first-order chi connectivity index (χ1) is 18.2. The van der Waals surface area contributed by atoms with Crippen LogP contribution in [0.4, 0.5) is 4.39 Å². The zero-order valence-corrected chi connectivity index (χ0v) is 23.1. The van der Waals surface area contributed by atoms with Gasteiger partial charge in [0, 0.05) is 55.1 Å². The van der Waals surface area contributed by atoms with Gasteiger partial charge in [-0.15, -0.1) is 0 Å². The molecule has 0 bridgehead atoms. The Morgan fingerprint density at radius 2 is 1.84 bits per heavy atom. The van der Waals surface area contributed by atoms with E-state index < -0.39 is 29.8 Å². The van der Waals surface area contributed by atoms with Crippen LogP contribution in [0.25, 0.3) is 0 Å². The van der Waals surface area contributed by atoms with Gasteiger partial charge in [-0.2, -0.15) is 0 Å². The van der Waals surface area contributed by atoms with Gasteiger partial charge in [-0.25, -0.2) is 4.39 Å². The van der Waals surface area contributed by atoms with Crippen molar-refractivity contribution in [1.82, 2.24) is 4.90 Å². The number of aliphatic imine (C=N–C) groups is 1. The second kappa shape index (κ2) is 13.9. The molecule has 0 unspecified atom stereocenters. The molecule has 2 aliphatic rings. The minimum atomic E-state index is -1.16. The van der Waals surface area contributed by atoms with Crippen LogP contribution in [0, 0.1) is 11.3 Å². The molecule has 0 saturated carbocycles. The quantitative estimate of drug-likeness (QED) is 0.154. The Morgan fingerprint density at radius 1 is 1.16 bits per heavy atom. The van der Waals surface area contributed by atoms with E-state index >= 15 is 0 Å². The standard InChI is InChI=1S/C27H36BrFN4O5/c28-20-7-5-18(6-8-20)23(35)16-27(9-13-38-14-10-27)25(37)33-12-2-4-21(33)22(34)15-19(24(36)17-29)3-1-11-32-26(30)31/h5-8,19,21H,1-4,9-17H2,(H4,30,31,32)/t19-,21+/m1/s1. The summed E-state index contributed by atoms with van der Waals surface area (Å²) in [7, 11) is 0. The first kappa shape index (κ1) is 29.9. The van der Waals surface area contributed by atoms with Crippen molar-refractivity contribution in [1.29, 1.82) is 0 Å². The molecule has 38 heavy (non-hydrogen) atoms. The molecule has 0 radical (unpaired) electrons. The van der Waals surface area contributed by atoms with E-state index in [9.17, 15) is 23.6 Å². The maximum absolute atomic E-state index is 14.0. The Morgan fingerprint density at radius 3 is 2.47 bits per heavy atom. The number of carbonyl (C=O) groups is 4. The van der Waals surface area contributed by atoms with Crippen LogP contribution in [0.2, 0.25) is 0 Å². The largest absolute Gasteiger partial charge is 0.381 e. The predicted octanol–water partition coefficient (Wildman–Crippen LogP) is 2.98. The van der Waals surface area contributed by atoms with Crippen LogP contribution in [0.3, 0.4) is 0 Å². The maximum atomic E-state index is 14.0. The first-order valence-corrected chi connectivity index (χ1v) is 13.8. The third-order valence-electron chi connectivity index (χ3n) is 7.49. The average molecular weight is 596 g/mol. The van der Waals surface area contributed by atoms with Crippen molar-refractivity contribution in [3.8, 4) is 0 Å². The number of nitrogens with zero attached hydrogens (tertiary/aromatic N) is 2. The summed E-state index contributed by atoms with van der Waals surface area (Å²) in [5.41, 5.74) is 10.2. The van der Waals surface area contributed by atoms with Gasteiger partial charge < -0.3 is 21.1 Å². The fraction of sp³-hybridized carbons (Fsp3) is 0.593. The molecular formula is C27H36BrFN4O5. The van der Waals surface area contributed by atoms with Crippen LogP contribution in [-0.2, 0) is 19.1 Å². The number of ketones is 3. The number of amides is 1. The highest BCUT2D eigenvalue weighted by molar-refractivity contribution is 9.10. The van der Waals surface area contributed by atoms with Crippen molar-refractivity contribution in [2.75, 3.05) is 33.0 Å². The lowest BCUT2D eigenvalue weighted by molar-refractivity contribution is -0.151. The molecule has 2 heterocycles. The Kier molecular flexibility index (Phi) is 11.0. The van der Waals surface area contributed by atoms with Gasteiger partial charge in [0.2, 0.25) is 5.91 Å². The summed E-state index contributed by atoms with van der Waals surface area (Å²) in [4.78, 5) is 58.2. The van der Waals surface area contributed by atoms with Crippen molar-refractivity contribution in [3.63, 3.8) is 0 Å². The lowest BCUT2D eigenvalue weighted by Gasteiger charge is -2.40. The highest BCUT2D eigenvalue weighted by atomic mass is 79.9. The number of hydrogen-bond donors (Lipinski definition) is 2. The minimum Gasteiger partial charge on any atom is -0.381 e. The monoisotopic (exact) mass is 594 g/mol. The molecular weight excluding hydrogens is 559 g/mol. The number of guanidine groups is 1. The molecule has 1 amide bonds. The summed E-state index contributed by atoms with van der Waals surface area (Å²) >= 11 is 3.37. The average Bonchev–Trinajstić information content (AvgIpc) is 3.40. The molecule has 11 heteroatoms. The number of likely N-dealkylation sites (tertiary alicyclic amines) is 1. The molecule has 1 aromatic carbocycles. The van der Waals surface area contributed by atoms with Gasteiger partial charge >= 0.3 is 0 Å². The Balaban J connectivity index is 1.74. The van der Waals surface area contributed by atoms with Crippen LogP contribution in [0.5, 0.6) is 0 Å². The van der Waals surface area contributed by atoms with E-state index in [-0.39, 0.29) is 49.2 Å². The molecule has 2 aliphatic heterocycles. The van der Waals surface area contributed by atoms with E-state index in [1.807, 2.05) is 0 Å². The number of Topliss-reactive ketones (excluding diaryl/α,β-unsaturated/α-hetero) is 3. The molecule has 2 atom stereocenters. The summed E-state index contributed by atoms with van der Waals surface area (Å²) in [6, 6.07) is 6.32.